The molecule has 23 heavy (non-hydrogen) atoms. The Hall–Kier alpha value is -1.15. The molecule has 2 aromatic rings. The molecule has 2 aliphatic heterocycles. The predicted molar refractivity (Wildman–Crippen MR) is 95.7 cm³/mol. The van der Waals surface area contributed by atoms with Gasteiger partial charge in [0.05, 0.1) is 28.5 Å². The fourth-order valence-corrected chi connectivity index (χ4v) is 4.50. The Kier molecular flexibility index (Phi) is 3.84. The quantitative estimate of drug-likeness (QED) is 0.685. The minimum Gasteiger partial charge on any atom is -0.494 e. The van der Waals surface area contributed by atoms with Gasteiger partial charge in [0.2, 0.25) is 0 Å². The summed E-state index contributed by atoms with van der Waals surface area (Å²) >= 11 is 2.31. The second kappa shape index (κ2) is 5.73. The van der Waals surface area contributed by atoms with E-state index >= 15 is 0 Å². The van der Waals surface area contributed by atoms with E-state index in [9.17, 15) is 4.39 Å². The highest BCUT2D eigenvalue weighted by Crippen LogP contribution is 2.43. The first-order chi connectivity index (χ1) is 11.1. The lowest BCUT2D eigenvalue weighted by Gasteiger charge is -2.25. The van der Waals surface area contributed by atoms with E-state index in [1.165, 1.54) is 13.2 Å². The molecule has 4 rings (SSSR count). The van der Waals surface area contributed by atoms with Crippen LogP contribution in [0.1, 0.15) is 12.8 Å². The second-order valence-electron chi connectivity index (χ2n) is 6.43. The second-order valence-corrected chi connectivity index (χ2v) is 7.59. The largest absolute Gasteiger partial charge is 0.494 e. The first kappa shape index (κ1) is 15.4. The van der Waals surface area contributed by atoms with Crippen molar-refractivity contribution in [2.75, 3.05) is 38.3 Å². The third kappa shape index (κ3) is 2.55. The van der Waals surface area contributed by atoms with Gasteiger partial charge < -0.3 is 14.4 Å². The van der Waals surface area contributed by atoms with Crippen molar-refractivity contribution in [1.29, 1.82) is 0 Å². The van der Waals surface area contributed by atoms with Crippen LogP contribution in [-0.4, -0.2) is 38.4 Å². The summed E-state index contributed by atoms with van der Waals surface area (Å²) in [5, 5.41) is 0.950. The number of halogens is 2. The van der Waals surface area contributed by atoms with Crippen LogP contribution in [0.2, 0.25) is 0 Å². The van der Waals surface area contributed by atoms with Gasteiger partial charge in [0.25, 0.3) is 0 Å². The van der Waals surface area contributed by atoms with E-state index in [-0.39, 0.29) is 17.0 Å². The topological polar surface area (TPSA) is 34.6 Å². The van der Waals surface area contributed by atoms with E-state index in [2.05, 4.69) is 32.5 Å². The molecule has 1 atom stereocenters. The number of hydrogen-bond acceptors (Lipinski definition) is 4. The van der Waals surface area contributed by atoms with Crippen LogP contribution in [0.15, 0.2) is 18.3 Å². The number of nitrogens with zero attached hydrogens (tertiary/aromatic N) is 2. The van der Waals surface area contributed by atoms with Crippen molar-refractivity contribution in [3.05, 3.63) is 27.7 Å². The minimum atomic E-state index is -0.373. The molecule has 0 N–H and O–H groups in total. The zero-order chi connectivity index (χ0) is 16.0. The Morgan fingerprint density at radius 3 is 3.00 bits per heavy atom. The number of anilines is 1. The number of pyridine rings is 1. The molecule has 122 valence electrons. The van der Waals surface area contributed by atoms with Crippen molar-refractivity contribution < 1.29 is 13.9 Å². The number of ether oxygens (including phenoxy) is 2. The summed E-state index contributed by atoms with van der Waals surface area (Å²) in [7, 11) is 1.49. The first-order valence-corrected chi connectivity index (χ1v) is 8.84. The molecular formula is C17H18FIN2O2. The molecule has 0 amide bonds. The van der Waals surface area contributed by atoms with Gasteiger partial charge in [-0.3, -0.25) is 4.98 Å². The van der Waals surface area contributed by atoms with Gasteiger partial charge in [-0.25, -0.2) is 4.39 Å². The summed E-state index contributed by atoms with van der Waals surface area (Å²) in [4.78, 5) is 6.78. The normalized spacial score (nSPS) is 24.0. The Labute approximate surface area is 148 Å². The maximum absolute atomic E-state index is 14.0. The standard InChI is InChI=1S/C17H18FIN2O2/c1-22-15-6-11-14(7-12(15)18)20-8-13(19)16(11)21-4-2-17(9-21)3-5-23-10-17/h6-8H,2-5,9-10H2,1H3/t17-/m1/s1. The highest BCUT2D eigenvalue weighted by molar-refractivity contribution is 14.1. The lowest BCUT2D eigenvalue weighted by atomic mass is 9.87. The van der Waals surface area contributed by atoms with E-state index in [4.69, 9.17) is 9.47 Å². The SMILES string of the molecule is COc1cc2c(N3CC[C@@]4(CCOC4)C3)c(I)cnc2cc1F. The van der Waals surface area contributed by atoms with Crippen LogP contribution in [-0.2, 0) is 4.74 Å². The third-order valence-corrected chi connectivity index (χ3v) is 5.80. The summed E-state index contributed by atoms with van der Waals surface area (Å²) < 4.78 is 25.8. The molecule has 1 spiro atoms. The van der Waals surface area contributed by atoms with Crippen LogP contribution < -0.4 is 9.64 Å². The zero-order valence-electron chi connectivity index (χ0n) is 12.9. The van der Waals surface area contributed by atoms with Crippen molar-refractivity contribution in [3.63, 3.8) is 0 Å². The van der Waals surface area contributed by atoms with E-state index in [0.717, 1.165) is 53.8 Å². The molecule has 2 fully saturated rings. The molecule has 0 bridgehead atoms. The Morgan fingerprint density at radius 1 is 1.39 bits per heavy atom. The van der Waals surface area contributed by atoms with Crippen molar-refractivity contribution in [2.24, 2.45) is 5.41 Å². The number of benzene rings is 1. The molecule has 6 heteroatoms. The van der Waals surface area contributed by atoms with Gasteiger partial charge in [-0.15, -0.1) is 0 Å². The number of methoxy groups -OCH3 is 1. The third-order valence-electron chi connectivity index (χ3n) is 5.01. The highest BCUT2D eigenvalue weighted by Gasteiger charge is 2.42. The van der Waals surface area contributed by atoms with E-state index < -0.39 is 0 Å². The summed E-state index contributed by atoms with van der Waals surface area (Å²) in [6.07, 6.45) is 4.09. The van der Waals surface area contributed by atoms with E-state index in [1.54, 1.807) is 6.07 Å². The Balaban J connectivity index is 1.81. The van der Waals surface area contributed by atoms with Gasteiger partial charge in [0.1, 0.15) is 0 Å². The fraction of sp³-hybridized carbons (Fsp3) is 0.471. The molecule has 3 heterocycles. The van der Waals surface area contributed by atoms with Crippen molar-refractivity contribution in [1.82, 2.24) is 4.98 Å². The van der Waals surface area contributed by atoms with Gasteiger partial charge in [0.15, 0.2) is 11.6 Å². The van der Waals surface area contributed by atoms with Crippen LogP contribution in [0.5, 0.6) is 5.75 Å². The average molecular weight is 428 g/mol. The molecule has 0 unspecified atom stereocenters. The first-order valence-electron chi connectivity index (χ1n) is 7.76. The number of rotatable bonds is 2. The fourth-order valence-electron chi connectivity index (χ4n) is 3.73. The number of hydrogen-bond donors (Lipinski definition) is 0. The molecule has 1 aromatic heterocycles. The maximum Gasteiger partial charge on any atom is 0.167 e. The maximum atomic E-state index is 14.0. The van der Waals surface area contributed by atoms with Crippen LogP contribution in [0.4, 0.5) is 10.1 Å². The average Bonchev–Trinajstić information content (AvgIpc) is 3.17. The smallest absolute Gasteiger partial charge is 0.167 e. The molecule has 4 nitrogen and oxygen atoms in total. The van der Waals surface area contributed by atoms with Gasteiger partial charge in [-0.05, 0) is 41.5 Å². The summed E-state index contributed by atoms with van der Waals surface area (Å²) in [5.41, 5.74) is 2.09. The van der Waals surface area contributed by atoms with Gasteiger partial charge in [0, 0.05) is 42.8 Å². The number of fused-ring (bicyclic) bond motifs is 1. The molecule has 1 aromatic carbocycles. The van der Waals surface area contributed by atoms with Gasteiger partial charge in [-0.2, -0.15) is 0 Å². The van der Waals surface area contributed by atoms with Crippen molar-refractivity contribution in [3.8, 4) is 5.75 Å². The Bertz CT molecular complexity index is 762. The van der Waals surface area contributed by atoms with Crippen LogP contribution in [0.25, 0.3) is 10.9 Å². The molecule has 0 radical (unpaired) electrons. The minimum absolute atomic E-state index is 0.264. The summed E-state index contributed by atoms with van der Waals surface area (Å²) in [6.45, 7) is 3.70. The summed E-state index contributed by atoms with van der Waals surface area (Å²) in [5.74, 6) is -0.109. The lowest BCUT2D eigenvalue weighted by molar-refractivity contribution is 0.160. The predicted octanol–water partition coefficient (Wildman–Crippen LogP) is 3.60. The molecule has 0 saturated carbocycles. The monoisotopic (exact) mass is 428 g/mol. The molecule has 0 aliphatic carbocycles. The molecular weight excluding hydrogens is 410 g/mol. The highest BCUT2D eigenvalue weighted by atomic mass is 127. The van der Waals surface area contributed by atoms with Gasteiger partial charge in [-0.1, -0.05) is 0 Å². The van der Waals surface area contributed by atoms with E-state index in [1.807, 2.05) is 6.20 Å². The lowest BCUT2D eigenvalue weighted by Crippen LogP contribution is -2.28. The summed E-state index contributed by atoms with van der Waals surface area (Å²) in [6, 6.07) is 3.23. The van der Waals surface area contributed by atoms with Crippen LogP contribution >= 0.6 is 22.6 Å². The van der Waals surface area contributed by atoms with Crippen molar-refractivity contribution in [2.45, 2.75) is 12.8 Å². The zero-order valence-corrected chi connectivity index (χ0v) is 15.1. The van der Waals surface area contributed by atoms with Crippen LogP contribution in [0, 0.1) is 14.8 Å². The molecule has 2 aliphatic rings. The molecule has 2 saturated heterocycles. The van der Waals surface area contributed by atoms with Gasteiger partial charge >= 0.3 is 0 Å². The number of aromatic nitrogens is 1. The van der Waals surface area contributed by atoms with Crippen molar-refractivity contribution >= 4 is 39.2 Å². The Morgan fingerprint density at radius 2 is 2.26 bits per heavy atom. The van der Waals surface area contributed by atoms with E-state index in [0.29, 0.717) is 5.52 Å². The van der Waals surface area contributed by atoms with Crippen LogP contribution in [0.3, 0.4) is 0 Å².